The van der Waals surface area contributed by atoms with E-state index in [4.69, 9.17) is 4.74 Å². The van der Waals surface area contributed by atoms with Gasteiger partial charge in [-0.25, -0.2) is 0 Å². The van der Waals surface area contributed by atoms with E-state index in [9.17, 15) is 0 Å². The zero-order valence-corrected chi connectivity index (χ0v) is 10.6. The first-order chi connectivity index (χ1) is 7.22. The van der Waals surface area contributed by atoms with Crippen LogP contribution in [0.3, 0.4) is 0 Å². The average molecular weight is 213 g/mol. The molecular formula is C13H27NO. The summed E-state index contributed by atoms with van der Waals surface area (Å²) in [5, 5.41) is 3.53. The van der Waals surface area contributed by atoms with E-state index in [1.54, 1.807) is 7.11 Å². The number of hydrogen-bond donors (Lipinski definition) is 1. The lowest BCUT2D eigenvalue weighted by atomic mass is 9.64. The molecule has 1 aliphatic carbocycles. The second kappa shape index (κ2) is 6.49. The predicted molar refractivity (Wildman–Crippen MR) is 65.1 cm³/mol. The van der Waals surface area contributed by atoms with Crippen molar-refractivity contribution in [2.75, 3.05) is 26.8 Å². The van der Waals surface area contributed by atoms with Crippen LogP contribution in [0.15, 0.2) is 0 Å². The van der Waals surface area contributed by atoms with E-state index < -0.39 is 0 Å². The molecule has 0 amide bonds. The Morgan fingerprint density at radius 3 is 2.60 bits per heavy atom. The molecule has 0 saturated heterocycles. The summed E-state index contributed by atoms with van der Waals surface area (Å²) in [6.07, 6.45) is 7.01. The van der Waals surface area contributed by atoms with Crippen LogP contribution >= 0.6 is 0 Å². The molecule has 1 atom stereocenters. The zero-order valence-electron chi connectivity index (χ0n) is 10.6. The van der Waals surface area contributed by atoms with Crippen LogP contribution in [0.1, 0.15) is 46.0 Å². The second-order valence-corrected chi connectivity index (χ2v) is 5.24. The molecule has 2 nitrogen and oxygen atoms in total. The third kappa shape index (κ3) is 4.12. The molecule has 0 aromatic carbocycles. The molecule has 0 aliphatic heterocycles. The highest BCUT2D eigenvalue weighted by Gasteiger charge is 2.37. The Morgan fingerprint density at radius 1 is 1.40 bits per heavy atom. The van der Waals surface area contributed by atoms with Gasteiger partial charge in [0.1, 0.15) is 0 Å². The van der Waals surface area contributed by atoms with E-state index in [0.29, 0.717) is 5.41 Å². The van der Waals surface area contributed by atoms with E-state index in [1.165, 1.54) is 38.6 Å². The van der Waals surface area contributed by atoms with Crippen molar-refractivity contribution in [2.45, 2.75) is 46.0 Å². The van der Waals surface area contributed by atoms with Crippen molar-refractivity contribution in [3.63, 3.8) is 0 Å². The molecule has 1 unspecified atom stereocenters. The summed E-state index contributed by atoms with van der Waals surface area (Å²) >= 11 is 0. The van der Waals surface area contributed by atoms with Crippen molar-refractivity contribution in [1.82, 2.24) is 5.32 Å². The summed E-state index contributed by atoms with van der Waals surface area (Å²) in [4.78, 5) is 0. The van der Waals surface area contributed by atoms with E-state index in [2.05, 4.69) is 19.2 Å². The molecule has 0 aromatic heterocycles. The van der Waals surface area contributed by atoms with Gasteiger partial charge < -0.3 is 10.1 Å². The Labute approximate surface area is 94.8 Å². The van der Waals surface area contributed by atoms with Crippen molar-refractivity contribution in [3.05, 3.63) is 0 Å². The van der Waals surface area contributed by atoms with Crippen molar-refractivity contribution >= 4 is 0 Å². The van der Waals surface area contributed by atoms with Gasteiger partial charge in [0, 0.05) is 20.2 Å². The van der Waals surface area contributed by atoms with Crippen LogP contribution in [0, 0.1) is 11.3 Å². The molecule has 1 aliphatic rings. The highest BCUT2D eigenvalue weighted by Crippen LogP contribution is 2.45. The first-order valence-electron chi connectivity index (χ1n) is 6.42. The quantitative estimate of drug-likeness (QED) is 0.626. The van der Waals surface area contributed by atoms with Gasteiger partial charge in [0.05, 0.1) is 6.61 Å². The molecule has 1 fully saturated rings. The smallest absolute Gasteiger partial charge is 0.0587 e. The van der Waals surface area contributed by atoms with Gasteiger partial charge in [-0.1, -0.05) is 26.7 Å². The number of ether oxygens (including phenoxy) is 1. The minimum atomic E-state index is 0.628. The molecule has 90 valence electrons. The van der Waals surface area contributed by atoms with Gasteiger partial charge in [-0.05, 0) is 30.6 Å². The lowest BCUT2D eigenvalue weighted by Gasteiger charge is -2.44. The summed E-state index contributed by atoms with van der Waals surface area (Å²) in [5.41, 5.74) is 0.628. The summed E-state index contributed by atoms with van der Waals surface area (Å²) < 4.78 is 5.05. The normalized spacial score (nSPS) is 21.0. The van der Waals surface area contributed by atoms with Crippen LogP contribution in [0.5, 0.6) is 0 Å². The summed E-state index contributed by atoms with van der Waals surface area (Å²) in [6.45, 7) is 7.71. The third-order valence-corrected chi connectivity index (χ3v) is 3.88. The summed E-state index contributed by atoms with van der Waals surface area (Å²) in [5.74, 6) is 0.884. The predicted octanol–water partition coefficient (Wildman–Crippen LogP) is 2.83. The fraction of sp³-hybridized carbons (Fsp3) is 1.00. The minimum Gasteiger partial charge on any atom is -0.383 e. The fourth-order valence-electron chi connectivity index (χ4n) is 2.54. The SMILES string of the molecule is CCC(C)CC1(CNCCOC)CCC1. The average Bonchev–Trinajstić information content (AvgIpc) is 2.20. The Hall–Kier alpha value is -0.0800. The molecule has 1 N–H and O–H groups in total. The van der Waals surface area contributed by atoms with E-state index in [-0.39, 0.29) is 0 Å². The molecule has 15 heavy (non-hydrogen) atoms. The van der Waals surface area contributed by atoms with Crippen LogP contribution < -0.4 is 5.32 Å². The molecular weight excluding hydrogens is 186 g/mol. The van der Waals surface area contributed by atoms with Crippen LogP contribution in [-0.2, 0) is 4.74 Å². The standard InChI is InChI=1S/C13H27NO/c1-4-12(2)10-13(6-5-7-13)11-14-8-9-15-3/h12,14H,4-11H2,1-3H3. The van der Waals surface area contributed by atoms with Crippen LogP contribution in [0.4, 0.5) is 0 Å². The van der Waals surface area contributed by atoms with Crippen LogP contribution in [0.25, 0.3) is 0 Å². The number of methoxy groups -OCH3 is 1. The monoisotopic (exact) mass is 213 g/mol. The van der Waals surface area contributed by atoms with Gasteiger partial charge in [0.2, 0.25) is 0 Å². The van der Waals surface area contributed by atoms with E-state index in [0.717, 1.165) is 19.1 Å². The Bertz CT molecular complexity index is 166. The zero-order chi connectivity index (χ0) is 11.1. The number of hydrogen-bond acceptors (Lipinski definition) is 2. The van der Waals surface area contributed by atoms with Crippen LogP contribution in [-0.4, -0.2) is 26.8 Å². The van der Waals surface area contributed by atoms with Crippen molar-refractivity contribution < 1.29 is 4.74 Å². The van der Waals surface area contributed by atoms with Crippen molar-refractivity contribution in [1.29, 1.82) is 0 Å². The number of nitrogens with one attached hydrogen (secondary N) is 1. The van der Waals surface area contributed by atoms with Gasteiger partial charge in [-0.15, -0.1) is 0 Å². The lowest BCUT2D eigenvalue weighted by Crippen LogP contribution is -2.42. The second-order valence-electron chi connectivity index (χ2n) is 5.24. The molecule has 2 heteroatoms. The Balaban J connectivity index is 2.20. The molecule has 0 heterocycles. The van der Waals surface area contributed by atoms with Crippen LogP contribution in [0.2, 0.25) is 0 Å². The van der Waals surface area contributed by atoms with Gasteiger partial charge in [0.25, 0.3) is 0 Å². The molecule has 0 aromatic rings. The summed E-state index contributed by atoms with van der Waals surface area (Å²) in [6, 6.07) is 0. The fourth-order valence-corrected chi connectivity index (χ4v) is 2.54. The van der Waals surface area contributed by atoms with Crippen molar-refractivity contribution in [2.24, 2.45) is 11.3 Å². The minimum absolute atomic E-state index is 0.628. The van der Waals surface area contributed by atoms with Gasteiger partial charge in [-0.2, -0.15) is 0 Å². The van der Waals surface area contributed by atoms with E-state index in [1.807, 2.05) is 0 Å². The highest BCUT2D eigenvalue weighted by molar-refractivity contribution is 4.90. The number of rotatable bonds is 8. The maximum Gasteiger partial charge on any atom is 0.0587 e. The van der Waals surface area contributed by atoms with E-state index >= 15 is 0 Å². The molecule has 0 radical (unpaired) electrons. The summed E-state index contributed by atoms with van der Waals surface area (Å²) in [7, 11) is 1.76. The maximum absolute atomic E-state index is 5.05. The van der Waals surface area contributed by atoms with Gasteiger partial charge >= 0.3 is 0 Å². The maximum atomic E-state index is 5.05. The lowest BCUT2D eigenvalue weighted by molar-refractivity contribution is 0.0901. The van der Waals surface area contributed by atoms with Gasteiger partial charge in [0.15, 0.2) is 0 Å². The third-order valence-electron chi connectivity index (χ3n) is 3.88. The van der Waals surface area contributed by atoms with Gasteiger partial charge in [-0.3, -0.25) is 0 Å². The first kappa shape index (κ1) is 13.0. The Morgan fingerprint density at radius 2 is 2.13 bits per heavy atom. The highest BCUT2D eigenvalue weighted by atomic mass is 16.5. The molecule has 0 bridgehead atoms. The molecule has 0 spiro atoms. The van der Waals surface area contributed by atoms with Crippen molar-refractivity contribution in [3.8, 4) is 0 Å². The first-order valence-corrected chi connectivity index (χ1v) is 6.42. The molecule has 1 rings (SSSR count). The topological polar surface area (TPSA) is 21.3 Å². The largest absolute Gasteiger partial charge is 0.383 e. The Kier molecular flexibility index (Phi) is 5.62. The molecule has 1 saturated carbocycles.